The van der Waals surface area contributed by atoms with Crippen LogP contribution >= 0.6 is 34.7 Å². The van der Waals surface area contributed by atoms with Crippen LogP contribution in [0, 0.1) is 5.82 Å². The summed E-state index contributed by atoms with van der Waals surface area (Å²) in [7, 11) is -3.75. The molecule has 0 aliphatic rings. The highest BCUT2D eigenvalue weighted by Gasteiger charge is 2.15. The first kappa shape index (κ1) is 28.2. The van der Waals surface area contributed by atoms with E-state index in [0.717, 1.165) is 5.56 Å². The van der Waals surface area contributed by atoms with Gasteiger partial charge in [-0.25, -0.2) is 22.9 Å². The fourth-order valence-corrected chi connectivity index (χ4v) is 6.38. The van der Waals surface area contributed by atoms with Crippen molar-refractivity contribution >= 4 is 60.8 Å². The lowest BCUT2D eigenvalue weighted by Gasteiger charge is -2.13. The Labute approximate surface area is 232 Å². The molecule has 38 heavy (non-hydrogen) atoms. The van der Waals surface area contributed by atoms with E-state index in [-0.39, 0.29) is 35.1 Å². The van der Waals surface area contributed by atoms with Gasteiger partial charge in [0, 0.05) is 35.8 Å². The molecule has 0 fully saturated rings. The second kappa shape index (κ2) is 12.4. The van der Waals surface area contributed by atoms with E-state index in [0.29, 0.717) is 45.3 Å². The maximum absolute atomic E-state index is 14.2. The third kappa shape index (κ3) is 7.00. The van der Waals surface area contributed by atoms with Gasteiger partial charge in [0.1, 0.15) is 10.5 Å². The van der Waals surface area contributed by atoms with E-state index in [9.17, 15) is 22.4 Å². The number of nitrogens with one attached hydrogen (secondary N) is 1. The van der Waals surface area contributed by atoms with Gasteiger partial charge in [0.15, 0.2) is 5.16 Å². The van der Waals surface area contributed by atoms with Crippen molar-refractivity contribution in [2.24, 2.45) is 5.14 Å². The van der Waals surface area contributed by atoms with Crippen molar-refractivity contribution in [3.8, 4) is 0 Å². The summed E-state index contributed by atoms with van der Waals surface area (Å²) in [6, 6.07) is 12.4. The third-order valence-electron chi connectivity index (χ3n) is 5.71. The van der Waals surface area contributed by atoms with Gasteiger partial charge in [-0.05, 0) is 54.1 Å². The number of nitrogens with two attached hydrogens (primary N) is 1. The van der Waals surface area contributed by atoms with Gasteiger partial charge in [-0.2, -0.15) is 0 Å². The Balaban J connectivity index is 1.35. The number of primary sulfonamides is 1. The number of carbonyl (C=O) groups excluding carboxylic acids is 1. The van der Waals surface area contributed by atoms with Crippen LogP contribution in [0.25, 0.3) is 10.2 Å². The number of fused-ring (bicyclic) bond motifs is 1. The maximum Gasteiger partial charge on any atom is 0.272 e. The van der Waals surface area contributed by atoms with Crippen LogP contribution < -0.4 is 16.0 Å². The average molecular weight is 595 g/mol. The Kier molecular flexibility index (Phi) is 9.21. The molecule has 0 saturated carbocycles. The first-order valence-corrected chi connectivity index (χ1v) is 15.3. The molecule has 8 nitrogen and oxygen atoms in total. The van der Waals surface area contributed by atoms with Crippen molar-refractivity contribution in [3.63, 3.8) is 0 Å². The molecule has 2 aromatic heterocycles. The lowest BCUT2D eigenvalue weighted by Crippen LogP contribution is -2.27. The minimum Gasteiger partial charge on any atom is -0.356 e. The standard InChI is InChI=1S/C25H24ClFN4O4S3/c26-19-3-1-4-20(27)18(19)15-37-25-30-21-11-14-36-23(21)24(33)31(25)13-2-5-22(32)29-12-10-16-6-8-17(9-7-16)38(28,34)35/h1,3-4,6-9,11,14H,2,5,10,12-13,15H2,(H,29,32)(H2,28,34,35). The summed E-state index contributed by atoms with van der Waals surface area (Å²) in [5.74, 6) is -0.393. The number of halogens is 2. The van der Waals surface area contributed by atoms with E-state index in [1.165, 1.54) is 51.9 Å². The fourth-order valence-electron chi connectivity index (χ4n) is 3.72. The molecule has 2 aromatic carbocycles. The Hall–Kier alpha value is -2.77. The molecule has 0 atom stereocenters. The van der Waals surface area contributed by atoms with Crippen molar-refractivity contribution < 1.29 is 17.6 Å². The number of hydrogen-bond donors (Lipinski definition) is 2. The van der Waals surface area contributed by atoms with Crippen LogP contribution in [0.1, 0.15) is 24.0 Å². The molecule has 0 aliphatic heterocycles. The first-order chi connectivity index (χ1) is 18.1. The van der Waals surface area contributed by atoms with Crippen molar-refractivity contribution in [1.29, 1.82) is 0 Å². The molecular weight excluding hydrogens is 571 g/mol. The molecule has 1 amide bonds. The number of nitrogens with zero attached hydrogens (tertiary/aromatic N) is 2. The van der Waals surface area contributed by atoms with Gasteiger partial charge in [0.25, 0.3) is 5.56 Å². The number of carbonyl (C=O) groups is 1. The molecule has 2 heterocycles. The van der Waals surface area contributed by atoms with E-state index in [1.807, 2.05) is 0 Å². The second-order valence-corrected chi connectivity index (χ2v) is 12.2. The highest BCUT2D eigenvalue weighted by atomic mass is 35.5. The molecule has 4 aromatic rings. The number of thioether (sulfide) groups is 1. The number of aromatic nitrogens is 2. The van der Waals surface area contributed by atoms with Crippen molar-refractivity contribution in [1.82, 2.24) is 14.9 Å². The van der Waals surface area contributed by atoms with E-state index in [4.69, 9.17) is 16.7 Å². The second-order valence-electron chi connectivity index (χ2n) is 8.37. The molecule has 200 valence electrons. The zero-order chi connectivity index (χ0) is 27.3. The Bertz CT molecular complexity index is 1600. The van der Waals surface area contributed by atoms with Gasteiger partial charge >= 0.3 is 0 Å². The van der Waals surface area contributed by atoms with Crippen LogP contribution in [0.2, 0.25) is 5.02 Å². The number of hydrogen-bond acceptors (Lipinski definition) is 7. The van der Waals surface area contributed by atoms with Gasteiger partial charge in [-0.3, -0.25) is 14.2 Å². The lowest BCUT2D eigenvalue weighted by molar-refractivity contribution is -0.121. The molecule has 0 aliphatic carbocycles. The maximum atomic E-state index is 14.2. The number of rotatable bonds is 11. The highest BCUT2D eigenvalue weighted by Crippen LogP contribution is 2.29. The molecular formula is C25H24ClFN4O4S3. The summed E-state index contributed by atoms with van der Waals surface area (Å²) in [6.07, 6.45) is 1.12. The Morgan fingerprint density at radius 1 is 1.18 bits per heavy atom. The van der Waals surface area contributed by atoms with Crippen LogP contribution in [0.15, 0.2) is 68.8 Å². The highest BCUT2D eigenvalue weighted by molar-refractivity contribution is 7.98. The smallest absolute Gasteiger partial charge is 0.272 e. The number of sulfonamides is 1. The topological polar surface area (TPSA) is 124 Å². The van der Waals surface area contributed by atoms with E-state index in [2.05, 4.69) is 10.3 Å². The predicted octanol–water partition coefficient (Wildman–Crippen LogP) is 4.33. The van der Waals surface area contributed by atoms with Gasteiger partial charge in [0.2, 0.25) is 15.9 Å². The summed E-state index contributed by atoms with van der Waals surface area (Å²) < 4.78 is 39.0. The molecule has 0 bridgehead atoms. The monoisotopic (exact) mass is 594 g/mol. The van der Waals surface area contributed by atoms with Gasteiger partial charge < -0.3 is 5.32 Å². The van der Waals surface area contributed by atoms with Crippen LogP contribution in [0.4, 0.5) is 4.39 Å². The zero-order valence-electron chi connectivity index (χ0n) is 20.0. The minimum absolute atomic E-state index is 0.0327. The van der Waals surface area contributed by atoms with Gasteiger partial charge in [-0.1, -0.05) is 41.6 Å². The Morgan fingerprint density at radius 2 is 1.95 bits per heavy atom. The molecule has 13 heteroatoms. The molecule has 0 unspecified atom stereocenters. The zero-order valence-corrected chi connectivity index (χ0v) is 23.2. The molecule has 0 radical (unpaired) electrons. The van der Waals surface area contributed by atoms with Gasteiger partial charge in [-0.15, -0.1) is 11.3 Å². The lowest BCUT2D eigenvalue weighted by atomic mass is 10.1. The largest absolute Gasteiger partial charge is 0.356 e. The number of benzene rings is 2. The van der Waals surface area contributed by atoms with Crippen molar-refractivity contribution in [2.75, 3.05) is 6.54 Å². The van der Waals surface area contributed by atoms with E-state index >= 15 is 0 Å². The molecule has 0 spiro atoms. The molecule has 3 N–H and O–H groups in total. The molecule has 4 rings (SSSR count). The SMILES string of the molecule is NS(=O)(=O)c1ccc(CCNC(=O)CCCn2c(SCc3c(F)cccc3Cl)nc3ccsc3c2=O)cc1. The van der Waals surface area contributed by atoms with Crippen LogP contribution in [0.3, 0.4) is 0 Å². The van der Waals surface area contributed by atoms with Crippen LogP contribution in [-0.2, 0) is 33.5 Å². The third-order valence-corrected chi connectivity index (χ3v) is 8.89. The van der Waals surface area contributed by atoms with Crippen molar-refractivity contribution in [2.45, 2.75) is 41.6 Å². The summed E-state index contributed by atoms with van der Waals surface area (Å²) >= 11 is 8.68. The van der Waals surface area contributed by atoms with Gasteiger partial charge in [0.05, 0.1) is 10.4 Å². The minimum atomic E-state index is -3.75. The predicted molar refractivity (Wildman–Crippen MR) is 149 cm³/mol. The normalized spacial score (nSPS) is 11.7. The Morgan fingerprint density at radius 3 is 2.66 bits per heavy atom. The summed E-state index contributed by atoms with van der Waals surface area (Å²) in [4.78, 5) is 30.1. The average Bonchev–Trinajstić information content (AvgIpc) is 3.34. The summed E-state index contributed by atoms with van der Waals surface area (Å²) in [6.45, 7) is 0.649. The number of amides is 1. The van der Waals surface area contributed by atoms with Crippen molar-refractivity contribution in [3.05, 3.63) is 86.2 Å². The van der Waals surface area contributed by atoms with E-state index < -0.39 is 15.8 Å². The first-order valence-electron chi connectivity index (χ1n) is 11.6. The summed E-state index contributed by atoms with van der Waals surface area (Å²) in [5, 5.41) is 10.5. The van der Waals surface area contributed by atoms with E-state index in [1.54, 1.807) is 29.6 Å². The quantitative estimate of drug-likeness (QED) is 0.197. The fraction of sp³-hybridized carbons (Fsp3) is 0.240. The summed E-state index contributed by atoms with van der Waals surface area (Å²) in [5.41, 5.74) is 1.57. The van der Waals surface area contributed by atoms with Crippen LogP contribution in [0.5, 0.6) is 0 Å². The number of thiophene rings is 1. The van der Waals surface area contributed by atoms with Crippen LogP contribution in [-0.4, -0.2) is 30.4 Å². The molecule has 0 saturated heterocycles.